The number of amides is 2. The molecule has 3 aromatic rings. The summed E-state index contributed by atoms with van der Waals surface area (Å²) in [6.07, 6.45) is 7.84. The quantitative estimate of drug-likeness (QED) is 0.666. The molecule has 7 heteroatoms. The molecule has 1 aromatic carbocycles. The van der Waals surface area contributed by atoms with E-state index in [0.717, 1.165) is 29.1 Å². The zero-order valence-corrected chi connectivity index (χ0v) is 14.0. The zero-order chi connectivity index (χ0) is 17.2. The summed E-state index contributed by atoms with van der Waals surface area (Å²) in [5.74, 6) is 1.17. The fourth-order valence-corrected chi connectivity index (χ4v) is 2.86. The van der Waals surface area contributed by atoms with Crippen molar-refractivity contribution < 1.29 is 4.79 Å². The van der Waals surface area contributed by atoms with Crippen LogP contribution in [-0.4, -0.2) is 25.8 Å². The minimum absolute atomic E-state index is 0.292. The third-order valence-electron chi connectivity index (χ3n) is 4.40. The maximum Gasteiger partial charge on any atom is 0.324 e. The van der Waals surface area contributed by atoms with Gasteiger partial charge in [-0.25, -0.2) is 9.78 Å². The lowest BCUT2D eigenvalue weighted by Gasteiger charge is -2.08. The highest BCUT2D eigenvalue weighted by atomic mass is 16.2. The first-order valence-corrected chi connectivity index (χ1v) is 8.36. The van der Waals surface area contributed by atoms with Crippen molar-refractivity contribution in [1.29, 1.82) is 0 Å². The van der Waals surface area contributed by atoms with Crippen LogP contribution in [0.1, 0.15) is 35.6 Å². The van der Waals surface area contributed by atoms with E-state index in [1.54, 1.807) is 12.5 Å². The number of anilines is 2. The largest absolute Gasteiger partial charge is 0.333 e. The van der Waals surface area contributed by atoms with Crippen LogP contribution in [0.5, 0.6) is 0 Å². The minimum Gasteiger partial charge on any atom is -0.333 e. The van der Waals surface area contributed by atoms with Gasteiger partial charge in [0.2, 0.25) is 0 Å². The van der Waals surface area contributed by atoms with Crippen molar-refractivity contribution in [3.8, 4) is 0 Å². The Morgan fingerprint density at radius 2 is 2.08 bits per heavy atom. The standard InChI is InChI=1S/C18H20N6O/c1-12-16(14-4-5-14)22-23-17(12)21-18(25)20-15-6-2-13(3-7-15)10-24-9-8-19-11-24/h2-3,6-9,11,14H,4-5,10H2,1H3,(H3,20,21,22,23,25). The number of nitrogens with zero attached hydrogens (tertiary/aromatic N) is 3. The Hall–Kier alpha value is -3.09. The average molecular weight is 336 g/mol. The summed E-state index contributed by atoms with van der Waals surface area (Å²) in [4.78, 5) is 16.2. The van der Waals surface area contributed by atoms with Crippen LogP contribution in [0.2, 0.25) is 0 Å². The summed E-state index contributed by atoms with van der Waals surface area (Å²) in [7, 11) is 0. The number of H-pyrrole nitrogens is 1. The van der Waals surface area contributed by atoms with Gasteiger partial charge in [-0.1, -0.05) is 12.1 Å². The molecule has 1 aliphatic rings. The predicted octanol–water partition coefficient (Wildman–Crippen LogP) is 3.48. The van der Waals surface area contributed by atoms with E-state index < -0.39 is 0 Å². The number of nitrogens with one attached hydrogen (secondary N) is 3. The van der Waals surface area contributed by atoms with Crippen LogP contribution in [0, 0.1) is 6.92 Å². The third-order valence-corrected chi connectivity index (χ3v) is 4.40. The summed E-state index contributed by atoms with van der Waals surface area (Å²) in [6, 6.07) is 7.46. The van der Waals surface area contributed by atoms with Crippen molar-refractivity contribution in [2.45, 2.75) is 32.2 Å². The first kappa shape index (κ1) is 15.4. The molecule has 2 heterocycles. The molecule has 1 fully saturated rings. The molecule has 0 unspecified atom stereocenters. The maximum absolute atomic E-state index is 12.2. The Bertz CT molecular complexity index is 862. The van der Waals surface area contributed by atoms with Crippen molar-refractivity contribution >= 4 is 17.5 Å². The van der Waals surface area contributed by atoms with Crippen molar-refractivity contribution in [3.05, 3.63) is 59.8 Å². The Morgan fingerprint density at radius 3 is 2.76 bits per heavy atom. The fraction of sp³-hybridized carbons (Fsp3) is 0.278. The smallest absolute Gasteiger partial charge is 0.324 e. The summed E-state index contributed by atoms with van der Waals surface area (Å²) in [5.41, 5.74) is 4.04. The van der Waals surface area contributed by atoms with E-state index in [9.17, 15) is 4.79 Å². The number of imidazole rings is 1. The van der Waals surface area contributed by atoms with Gasteiger partial charge in [0.1, 0.15) is 0 Å². The van der Waals surface area contributed by atoms with Crippen molar-refractivity contribution in [1.82, 2.24) is 19.7 Å². The molecule has 1 saturated carbocycles. The van der Waals surface area contributed by atoms with Crippen LogP contribution in [0.4, 0.5) is 16.3 Å². The van der Waals surface area contributed by atoms with Crippen LogP contribution >= 0.6 is 0 Å². The fourth-order valence-electron chi connectivity index (χ4n) is 2.86. The second-order valence-electron chi connectivity index (χ2n) is 6.40. The van der Waals surface area contributed by atoms with Gasteiger partial charge in [0.05, 0.1) is 6.33 Å². The lowest BCUT2D eigenvalue weighted by atomic mass is 10.2. The van der Waals surface area contributed by atoms with Crippen LogP contribution in [0.3, 0.4) is 0 Å². The molecule has 7 nitrogen and oxygen atoms in total. The second-order valence-corrected chi connectivity index (χ2v) is 6.40. The molecule has 0 radical (unpaired) electrons. The summed E-state index contributed by atoms with van der Waals surface area (Å²) >= 11 is 0. The molecule has 0 atom stereocenters. The first-order valence-electron chi connectivity index (χ1n) is 8.36. The number of aromatic nitrogens is 4. The summed E-state index contributed by atoms with van der Waals surface area (Å²) in [6.45, 7) is 2.74. The Morgan fingerprint density at radius 1 is 1.28 bits per heavy atom. The number of carbonyl (C=O) groups is 1. The number of carbonyl (C=O) groups excluding carboxylic acids is 1. The average Bonchev–Trinajstić information content (AvgIpc) is 3.20. The van der Waals surface area contributed by atoms with Gasteiger partial charge in [-0.2, -0.15) is 5.10 Å². The van der Waals surface area contributed by atoms with Gasteiger partial charge >= 0.3 is 6.03 Å². The second kappa shape index (κ2) is 6.43. The topological polar surface area (TPSA) is 87.6 Å². The van der Waals surface area contributed by atoms with Crippen LogP contribution in [0.15, 0.2) is 43.0 Å². The number of hydrogen-bond acceptors (Lipinski definition) is 3. The molecule has 0 aliphatic heterocycles. The van der Waals surface area contributed by atoms with Crippen LogP contribution in [0.25, 0.3) is 0 Å². The third kappa shape index (κ3) is 3.55. The van der Waals surface area contributed by atoms with Gasteiger partial charge in [0.15, 0.2) is 5.82 Å². The maximum atomic E-state index is 12.2. The Labute approximate surface area is 145 Å². The van der Waals surface area contributed by atoms with E-state index in [4.69, 9.17) is 0 Å². The predicted molar refractivity (Wildman–Crippen MR) is 95.7 cm³/mol. The molecule has 0 bridgehead atoms. The van der Waals surface area contributed by atoms with E-state index in [0.29, 0.717) is 11.7 Å². The highest BCUT2D eigenvalue weighted by Crippen LogP contribution is 2.41. The molecule has 4 rings (SSSR count). The van der Waals surface area contributed by atoms with E-state index in [1.807, 2.05) is 42.0 Å². The van der Waals surface area contributed by atoms with Crippen molar-refractivity contribution in [2.24, 2.45) is 0 Å². The molecular weight excluding hydrogens is 316 g/mol. The van der Waals surface area contributed by atoms with E-state index >= 15 is 0 Å². The first-order chi connectivity index (χ1) is 12.2. The van der Waals surface area contributed by atoms with E-state index in [-0.39, 0.29) is 6.03 Å². The Balaban J connectivity index is 1.36. The number of benzene rings is 1. The number of aromatic amines is 1. The number of rotatable bonds is 5. The van der Waals surface area contributed by atoms with Gasteiger partial charge in [0.25, 0.3) is 0 Å². The van der Waals surface area contributed by atoms with Gasteiger partial charge < -0.3 is 9.88 Å². The minimum atomic E-state index is -0.292. The molecule has 25 heavy (non-hydrogen) atoms. The van der Waals surface area contributed by atoms with Gasteiger partial charge in [-0.05, 0) is 37.5 Å². The molecule has 0 saturated heterocycles. The molecule has 1 aliphatic carbocycles. The molecule has 0 spiro atoms. The number of urea groups is 1. The normalized spacial score (nSPS) is 13.6. The molecule has 128 valence electrons. The lowest BCUT2D eigenvalue weighted by Crippen LogP contribution is -2.20. The van der Waals surface area contributed by atoms with Crippen LogP contribution < -0.4 is 10.6 Å². The van der Waals surface area contributed by atoms with E-state index in [1.165, 1.54) is 12.8 Å². The monoisotopic (exact) mass is 336 g/mol. The van der Waals surface area contributed by atoms with Crippen molar-refractivity contribution in [2.75, 3.05) is 10.6 Å². The van der Waals surface area contributed by atoms with Gasteiger partial charge in [-0.3, -0.25) is 10.4 Å². The summed E-state index contributed by atoms with van der Waals surface area (Å²) in [5, 5.41) is 12.9. The molecule has 2 aromatic heterocycles. The molecule has 2 amide bonds. The molecule has 3 N–H and O–H groups in total. The highest BCUT2D eigenvalue weighted by Gasteiger charge is 2.28. The highest BCUT2D eigenvalue weighted by molar-refractivity contribution is 5.99. The molecular formula is C18H20N6O. The zero-order valence-electron chi connectivity index (χ0n) is 14.0. The van der Waals surface area contributed by atoms with E-state index in [2.05, 4.69) is 25.8 Å². The van der Waals surface area contributed by atoms with Gasteiger partial charge in [0, 0.05) is 41.8 Å². The van der Waals surface area contributed by atoms with Crippen LogP contribution in [-0.2, 0) is 6.54 Å². The number of hydrogen-bond donors (Lipinski definition) is 3. The lowest BCUT2D eigenvalue weighted by molar-refractivity contribution is 0.262. The van der Waals surface area contributed by atoms with Gasteiger partial charge in [-0.15, -0.1) is 0 Å². The summed E-state index contributed by atoms with van der Waals surface area (Å²) < 4.78 is 1.99. The van der Waals surface area contributed by atoms with Crippen molar-refractivity contribution in [3.63, 3.8) is 0 Å². The Kier molecular flexibility index (Phi) is 3.97. The SMILES string of the molecule is Cc1c(NC(=O)Nc2ccc(Cn3ccnc3)cc2)n[nH]c1C1CC1.